The number of hydrogen-bond donors (Lipinski definition) is 3. The van der Waals surface area contributed by atoms with Crippen molar-refractivity contribution < 1.29 is 9.90 Å². The van der Waals surface area contributed by atoms with E-state index < -0.39 is 5.97 Å². The molecule has 1 rings (SSSR count). The third kappa shape index (κ3) is 2.43. The molecule has 0 aliphatic carbocycles. The first-order valence-electron chi connectivity index (χ1n) is 3.60. The molecule has 0 fully saturated rings. The van der Waals surface area contributed by atoms with E-state index in [1.807, 2.05) is 0 Å². The normalized spacial score (nSPS) is 9.50. The van der Waals surface area contributed by atoms with Gasteiger partial charge in [0.25, 0.3) is 0 Å². The lowest BCUT2D eigenvalue weighted by Crippen LogP contribution is -2.19. The molecule has 74 valence electrons. The summed E-state index contributed by atoms with van der Waals surface area (Å²) >= 11 is 7.80. The molecule has 0 aliphatic heterocycles. The summed E-state index contributed by atoms with van der Waals surface area (Å²) in [5.74, 6) is -1.01. The van der Waals surface area contributed by atoms with E-state index >= 15 is 0 Å². The van der Waals surface area contributed by atoms with E-state index in [9.17, 15) is 4.79 Å². The lowest BCUT2D eigenvalue weighted by molar-refractivity contribution is 0.0696. The minimum atomic E-state index is -1.01. The molecule has 0 spiro atoms. The number of carbonyl (C=O) groups is 1. The van der Waals surface area contributed by atoms with Gasteiger partial charge in [-0.3, -0.25) is 0 Å². The molecular formula is C8H7BrN2O2S. The maximum absolute atomic E-state index is 10.7. The van der Waals surface area contributed by atoms with Crippen LogP contribution in [0, 0.1) is 0 Å². The average Bonchev–Trinajstić information content (AvgIpc) is 2.07. The highest BCUT2D eigenvalue weighted by atomic mass is 79.9. The molecule has 6 heteroatoms. The molecule has 0 saturated carbocycles. The molecule has 0 aliphatic rings. The Labute approximate surface area is 94.2 Å². The van der Waals surface area contributed by atoms with Crippen LogP contribution in [0.25, 0.3) is 0 Å². The maximum Gasteiger partial charge on any atom is 0.336 e. The van der Waals surface area contributed by atoms with E-state index in [0.717, 1.165) is 0 Å². The molecule has 0 bridgehead atoms. The van der Waals surface area contributed by atoms with E-state index in [-0.39, 0.29) is 10.7 Å². The van der Waals surface area contributed by atoms with Crippen molar-refractivity contribution in [1.29, 1.82) is 0 Å². The van der Waals surface area contributed by atoms with Crippen molar-refractivity contribution in [3.8, 4) is 0 Å². The number of halogens is 1. The second kappa shape index (κ2) is 4.39. The van der Waals surface area contributed by atoms with Gasteiger partial charge < -0.3 is 16.2 Å². The Kier molecular flexibility index (Phi) is 3.43. The molecule has 0 heterocycles. The Hall–Kier alpha value is -1.14. The second-order valence-corrected chi connectivity index (χ2v) is 3.69. The molecule has 4 N–H and O–H groups in total. The van der Waals surface area contributed by atoms with Crippen LogP contribution in [-0.2, 0) is 0 Å². The van der Waals surface area contributed by atoms with Gasteiger partial charge in [0.15, 0.2) is 5.11 Å². The number of hydrogen-bond acceptors (Lipinski definition) is 2. The van der Waals surface area contributed by atoms with E-state index in [0.29, 0.717) is 10.2 Å². The van der Waals surface area contributed by atoms with E-state index in [2.05, 4.69) is 33.5 Å². The van der Waals surface area contributed by atoms with Gasteiger partial charge in [0.2, 0.25) is 0 Å². The van der Waals surface area contributed by atoms with Crippen molar-refractivity contribution in [2.24, 2.45) is 5.73 Å². The van der Waals surface area contributed by atoms with E-state index in [1.54, 1.807) is 12.1 Å². The number of nitrogens with two attached hydrogens (primary N) is 1. The number of nitrogens with one attached hydrogen (secondary N) is 1. The van der Waals surface area contributed by atoms with Crippen molar-refractivity contribution in [1.82, 2.24) is 0 Å². The summed E-state index contributed by atoms with van der Waals surface area (Å²) in [6, 6.07) is 4.77. The Morgan fingerprint density at radius 3 is 2.71 bits per heavy atom. The number of thiocarbonyl (C=S) groups is 1. The predicted molar refractivity (Wildman–Crippen MR) is 61.5 cm³/mol. The van der Waals surface area contributed by atoms with Crippen molar-refractivity contribution >= 4 is 44.9 Å². The molecule has 1 aromatic rings. The van der Waals surface area contributed by atoms with Crippen LogP contribution in [0.4, 0.5) is 5.69 Å². The van der Waals surface area contributed by atoms with Crippen LogP contribution in [0.15, 0.2) is 22.7 Å². The number of anilines is 1. The van der Waals surface area contributed by atoms with Crippen LogP contribution < -0.4 is 11.1 Å². The fraction of sp³-hybridized carbons (Fsp3) is 0. The Morgan fingerprint density at radius 2 is 2.21 bits per heavy atom. The van der Waals surface area contributed by atoms with Gasteiger partial charge in [0.05, 0.1) is 15.7 Å². The monoisotopic (exact) mass is 274 g/mol. The predicted octanol–water partition coefficient (Wildman–Crippen LogP) is 1.80. The summed E-state index contributed by atoms with van der Waals surface area (Å²) in [5.41, 5.74) is 5.97. The molecule has 0 unspecified atom stereocenters. The van der Waals surface area contributed by atoms with Crippen molar-refractivity contribution in [3.63, 3.8) is 0 Å². The topological polar surface area (TPSA) is 75.3 Å². The van der Waals surface area contributed by atoms with E-state index in [1.165, 1.54) is 6.07 Å². The van der Waals surface area contributed by atoms with Gasteiger partial charge in [-0.15, -0.1) is 0 Å². The van der Waals surface area contributed by atoms with Gasteiger partial charge >= 0.3 is 5.97 Å². The number of carboxylic acids is 1. The van der Waals surface area contributed by atoms with Crippen molar-refractivity contribution in [3.05, 3.63) is 28.2 Å². The molecule has 4 nitrogen and oxygen atoms in total. The quantitative estimate of drug-likeness (QED) is 0.718. The number of aromatic carboxylic acids is 1. The second-order valence-electron chi connectivity index (χ2n) is 2.46. The van der Waals surface area contributed by atoms with Gasteiger partial charge in [0.1, 0.15) is 0 Å². The van der Waals surface area contributed by atoms with Gasteiger partial charge in [0, 0.05) is 0 Å². The van der Waals surface area contributed by atoms with Crippen molar-refractivity contribution in [2.75, 3.05) is 5.32 Å². The summed E-state index contributed by atoms with van der Waals surface area (Å²) in [4.78, 5) is 10.7. The third-order valence-electron chi connectivity index (χ3n) is 1.49. The number of rotatable bonds is 2. The molecule has 0 amide bonds. The average molecular weight is 275 g/mol. The van der Waals surface area contributed by atoms with Gasteiger partial charge in [-0.2, -0.15) is 0 Å². The SMILES string of the molecule is NC(=S)Nc1cccc(C(=O)O)c1Br. The van der Waals surface area contributed by atoms with Gasteiger partial charge in [-0.05, 0) is 40.3 Å². The largest absolute Gasteiger partial charge is 0.478 e. The molecule has 0 aromatic heterocycles. The Balaban J connectivity index is 3.13. The van der Waals surface area contributed by atoms with Crippen LogP contribution in [0.2, 0.25) is 0 Å². The first-order valence-corrected chi connectivity index (χ1v) is 4.80. The third-order valence-corrected chi connectivity index (χ3v) is 2.44. The van der Waals surface area contributed by atoms with Crippen LogP contribution in [0.1, 0.15) is 10.4 Å². The smallest absolute Gasteiger partial charge is 0.336 e. The lowest BCUT2D eigenvalue weighted by Gasteiger charge is -2.07. The fourth-order valence-electron chi connectivity index (χ4n) is 0.926. The van der Waals surface area contributed by atoms with Gasteiger partial charge in [-0.25, -0.2) is 4.79 Å². The summed E-state index contributed by atoms with van der Waals surface area (Å²) in [6.07, 6.45) is 0. The zero-order valence-corrected chi connectivity index (χ0v) is 9.35. The summed E-state index contributed by atoms with van der Waals surface area (Å²) in [6.45, 7) is 0. The molecule has 14 heavy (non-hydrogen) atoms. The molecule has 0 saturated heterocycles. The fourth-order valence-corrected chi connectivity index (χ4v) is 1.57. The number of carboxylic acid groups (broad SMARTS) is 1. The summed E-state index contributed by atoms with van der Waals surface area (Å²) in [7, 11) is 0. The zero-order valence-electron chi connectivity index (χ0n) is 6.95. The minimum absolute atomic E-state index is 0.0910. The summed E-state index contributed by atoms with van der Waals surface area (Å²) < 4.78 is 0.431. The highest BCUT2D eigenvalue weighted by Gasteiger charge is 2.11. The Bertz CT molecular complexity index is 395. The van der Waals surface area contributed by atoms with Gasteiger partial charge in [-0.1, -0.05) is 6.07 Å². The van der Waals surface area contributed by atoms with Crippen LogP contribution in [0.5, 0.6) is 0 Å². The molecule has 1 aromatic carbocycles. The highest BCUT2D eigenvalue weighted by molar-refractivity contribution is 9.10. The maximum atomic E-state index is 10.7. The van der Waals surface area contributed by atoms with Crippen LogP contribution in [-0.4, -0.2) is 16.2 Å². The first kappa shape index (κ1) is 10.9. The minimum Gasteiger partial charge on any atom is -0.478 e. The summed E-state index contributed by atoms with van der Waals surface area (Å²) in [5, 5.41) is 11.6. The van der Waals surface area contributed by atoms with Crippen molar-refractivity contribution in [2.45, 2.75) is 0 Å². The number of benzene rings is 1. The molecule has 0 atom stereocenters. The molecule has 0 radical (unpaired) electrons. The van der Waals surface area contributed by atoms with Crippen LogP contribution in [0.3, 0.4) is 0 Å². The molecular weight excluding hydrogens is 268 g/mol. The first-order chi connectivity index (χ1) is 6.52. The zero-order chi connectivity index (χ0) is 10.7. The Morgan fingerprint density at radius 1 is 1.57 bits per heavy atom. The highest BCUT2D eigenvalue weighted by Crippen LogP contribution is 2.26. The van der Waals surface area contributed by atoms with Crippen LogP contribution >= 0.6 is 28.1 Å². The lowest BCUT2D eigenvalue weighted by atomic mass is 10.2. The standard InChI is InChI=1S/C8H7BrN2O2S/c9-6-4(7(12)13)2-1-3-5(6)11-8(10)14/h1-3H,(H,12,13)(H3,10,11,14). The van der Waals surface area contributed by atoms with E-state index in [4.69, 9.17) is 10.8 Å².